The Labute approximate surface area is 115 Å². The number of methoxy groups -OCH3 is 1. The van der Waals surface area contributed by atoms with E-state index in [1.807, 2.05) is 30.3 Å². The number of hydrogen-bond acceptors (Lipinski definition) is 3. The summed E-state index contributed by atoms with van der Waals surface area (Å²) < 4.78 is 4.53. The number of ether oxygens (including phenoxy) is 1. The highest BCUT2D eigenvalue weighted by Gasteiger charge is 2.23. The summed E-state index contributed by atoms with van der Waals surface area (Å²) in [5.41, 5.74) is 0.878. The second-order valence-corrected chi connectivity index (χ2v) is 4.65. The van der Waals surface area contributed by atoms with E-state index < -0.39 is 16.7 Å². The highest BCUT2D eigenvalue weighted by atomic mass is 35.5. The molecular formula is C12H13Cl2NO3. The maximum atomic E-state index is 11.8. The van der Waals surface area contributed by atoms with Gasteiger partial charge in [-0.15, -0.1) is 0 Å². The van der Waals surface area contributed by atoms with Gasteiger partial charge >= 0.3 is 5.97 Å². The van der Waals surface area contributed by atoms with Gasteiger partial charge in [0, 0.05) is 6.54 Å². The molecule has 1 aromatic carbocycles. The molecule has 1 rings (SSSR count). The van der Waals surface area contributed by atoms with Crippen LogP contribution in [0.2, 0.25) is 0 Å². The Hall–Kier alpha value is -1.26. The van der Waals surface area contributed by atoms with Gasteiger partial charge in [0.2, 0.25) is 0 Å². The number of benzene rings is 1. The van der Waals surface area contributed by atoms with Crippen molar-refractivity contribution in [3.05, 3.63) is 35.9 Å². The maximum absolute atomic E-state index is 11.8. The first kappa shape index (κ1) is 14.8. The lowest BCUT2D eigenvalue weighted by molar-refractivity contribution is -0.146. The van der Waals surface area contributed by atoms with Crippen LogP contribution in [0.4, 0.5) is 0 Å². The van der Waals surface area contributed by atoms with E-state index in [1.54, 1.807) is 0 Å². The molecule has 4 nitrogen and oxygen atoms in total. The number of rotatable bonds is 5. The average Bonchev–Trinajstić information content (AvgIpc) is 2.38. The van der Waals surface area contributed by atoms with Crippen LogP contribution in [0.5, 0.6) is 0 Å². The number of alkyl halides is 2. The predicted molar refractivity (Wildman–Crippen MR) is 69.4 cm³/mol. The van der Waals surface area contributed by atoms with Gasteiger partial charge in [0.25, 0.3) is 5.91 Å². The topological polar surface area (TPSA) is 46.6 Å². The zero-order chi connectivity index (χ0) is 13.5. The highest BCUT2D eigenvalue weighted by Crippen LogP contribution is 2.11. The Kier molecular flexibility index (Phi) is 5.95. The monoisotopic (exact) mass is 289 g/mol. The number of hydrogen-bond donors (Lipinski definition) is 0. The molecule has 6 heteroatoms. The van der Waals surface area contributed by atoms with Gasteiger partial charge in [-0.1, -0.05) is 53.5 Å². The van der Waals surface area contributed by atoms with E-state index in [9.17, 15) is 9.59 Å². The molecule has 0 bridgehead atoms. The van der Waals surface area contributed by atoms with Crippen LogP contribution in [0.15, 0.2) is 30.3 Å². The lowest BCUT2D eigenvalue weighted by Gasteiger charge is -2.22. The number of esters is 1. The van der Waals surface area contributed by atoms with Gasteiger partial charge in [-0.05, 0) is 5.56 Å². The normalized spacial score (nSPS) is 10.2. The van der Waals surface area contributed by atoms with Gasteiger partial charge in [-0.25, -0.2) is 0 Å². The fourth-order valence-electron chi connectivity index (χ4n) is 1.37. The minimum Gasteiger partial charge on any atom is -0.468 e. The molecule has 0 aromatic heterocycles. The van der Waals surface area contributed by atoms with Gasteiger partial charge in [0.1, 0.15) is 6.54 Å². The van der Waals surface area contributed by atoms with Crippen LogP contribution in [0, 0.1) is 0 Å². The summed E-state index contributed by atoms with van der Waals surface area (Å²) in [6.45, 7) is 0.0743. The molecular weight excluding hydrogens is 277 g/mol. The molecule has 1 amide bonds. The van der Waals surface area contributed by atoms with Gasteiger partial charge in [-0.3, -0.25) is 9.59 Å². The second-order valence-electron chi connectivity index (χ2n) is 3.56. The minimum absolute atomic E-state index is 0.180. The molecule has 18 heavy (non-hydrogen) atoms. The van der Waals surface area contributed by atoms with Crippen LogP contribution >= 0.6 is 23.2 Å². The fourth-order valence-corrected chi connectivity index (χ4v) is 1.65. The van der Waals surface area contributed by atoms with Crippen molar-refractivity contribution in [2.24, 2.45) is 0 Å². The Morgan fingerprint density at radius 2 is 1.89 bits per heavy atom. The Morgan fingerprint density at radius 1 is 1.28 bits per heavy atom. The quantitative estimate of drug-likeness (QED) is 0.615. The van der Waals surface area contributed by atoms with Gasteiger partial charge < -0.3 is 9.64 Å². The lowest BCUT2D eigenvalue weighted by Crippen LogP contribution is -2.38. The SMILES string of the molecule is COC(=O)CN(Cc1ccccc1)C(=O)C(Cl)Cl. The largest absolute Gasteiger partial charge is 0.468 e. The number of nitrogens with zero attached hydrogens (tertiary/aromatic N) is 1. The summed E-state index contributed by atoms with van der Waals surface area (Å²) in [5.74, 6) is -1.04. The Morgan fingerprint density at radius 3 is 2.39 bits per heavy atom. The van der Waals surface area contributed by atoms with Crippen molar-refractivity contribution in [1.29, 1.82) is 0 Å². The molecule has 0 saturated heterocycles. The molecule has 0 spiro atoms. The first-order valence-electron chi connectivity index (χ1n) is 5.22. The third-order valence-electron chi connectivity index (χ3n) is 2.26. The highest BCUT2D eigenvalue weighted by molar-refractivity contribution is 6.53. The second kappa shape index (κ2) is 7.24. The number of halogens is 2. The molecule has 0 fully saturated rings. The molecule has 1 aromatic rings. The van der Waals surface area contributed by atoms with Crippen LogP contribution in [-0.2, 0) is 20.9 Å². The molecule has 0 unspecified atom stereocenters. The molecule has 0 aliphatic heterocycles. The van der Waals surface area contributed by atoms with E-state index in [2.05, 4.69) is 4.74 Å². The van der Waals surface area contributed by atoms with Crippen molar-refractivity contribution in [3.63, 3.8) is 0 Å². The van der Waals surface area contributed by atoms with E-state index >= 15 is 0 Å². The van der Waals surface area contributed by atoms with Crippen LogP contribution in [0.25, 0.3) is 0 Å². The van der Waals surface area contributed by atoms with Crippen molar-refractivity contribution in [1.82, 2.24) is 4.90 Å². The zero-order valence-electron chi connectivity index (χ0n) is 9.81. The van der Waals surface area contributed by atoms with Crippen molar-refractivity contribution in [2.75, 3.05) is 13.7 Å². The van der Waals surface area contributed by atoms with E-state index in [0.29, 0.717) is 0 Å². The molecule has 0 atom stereocenters. The predicted octanol–water partition coefficient (Wildman–Crippen LogP) is 1.99. The standard InChI is InChI=1S/C12H13Cl2NO3/c1-18-10(16)8-15(12(17)11(13)14)7-9-5-3-2-4-6-9/h2-6,11H,7-8H2,1H3. The summed E-state index contributed by atoms with van der Waals surface area (Å²) in [4.78, 5) is 23.1. The summed E-state index contributed by atoms with van der Waals surface area (Å²) in [7, 11) is 1.26. The van der Waals surface area contributed by atoms with Crippen molar-refractivity contribution < 1.29 is 14.3 Å². The third-order valence-corrected chi connectivity index (χ3v) is 2.64. The first-order valence-corrected chi connectivity index (χ1v) is 6.09. The molecule has 0 heterocycles. The van der Waals surface area contributed by atoms with Crippen LogP contribution < -0.4 is 0 Å². The fraction of sp³-hybridized carbons (Fsp3) is 0.333. The Bertz CT molecular complexity index is 409. The van der Waals surface area contributed by atoms with Crippen molar-refractivity contribution in [2.45, 2.75) is 11.4 Å². The minimum atomic E-state index is -1.20. The number of amides is 1. The summed E-state index contributed by atoms with van der Waals surface area (Å²) >= 11 is 11.1. The molecule has 0 aliphatic carbocycles. The summed E-state index contributed by atoms with van der Waals surface area (Å²) in [5, 5.41) is 0. The van der Waals surface area contributed by atoms with E-state index in [-0.39, 0.29) is 13.1 Å². The van der Waals surface area contributed by atoms with E-state index in [4.69, 9.17) is 23.2 Å². The smallest absolute Gasteiger partial charge is 0.325 e. The van der Waals surface area contributed by atoms with Crippen molar-refractivity contribution >= 4 is 35.1 Å². The summed E-state index contributed by atoms with van der Waals surface area (Å²) in [6, 6.07) is 9.23. The van der Waals surface area contributed by atoms with Gasteiger partial charge in [0.15, 0.2) is 4.84 Å². The molecule has 0 aliphatic rings. The molecule has 0 radical (unpaired) electrons. The number of carbonyl (C=O) groups excluding carboxylic acids is 2. The molecule has 0 N–H and O–H groups in total. The third kappa shape index (κ3) is 4.55. The van der Waals surface area contributed by atoms with Crippen LogP contribution in [0.3, 0.4) is 0 Å². The first-order chi connectivity index (χ1) is 8.54. The maximum Gasteiger partial charge on any atom is 0.325 e. The molecule has 0 saturated carbocycles. The summed E-state index contributed by atoms with van der Waals surface area (Å²) in [6.07, 6.45) is 0. The van der Waals surface area contributed by atoms with Crippen LogP contribution in [0.1, 0.15) is 5.56 Å². The average molecular weight is 290 g/mol. The Balaban J connectivity index is 2.77. The number of carbonyl (C=O) groups is 2. The molecule has 98 valence electrons. The van der Waals surface area contributed by atoms with E-state index in [0.717, 1.165) is 5.56 Å². The van der Waals surface area contributed by atoms with E-state index in [1.165, 1.54) is 12.0 Å². The zero-order valence-corrected chi connectivity index (χ0v) is 11.3. The lowest BCUT2D eigenvalue weighted by atomic mass is 10.2. The van der Waals surface area contributed by atoms with Gasteiger partial charge in [-0.2, -0.15) is 0 Å². The van der Waals surface area contributed by atoms with Gasteiger partial charge in [0.05, 0.1) is 7.11 Å². The van der Waals surface area contributed by atoms with Crippen LogP contribution in [-0.4, -0.2) is 35.3 Å². The van der Waals surface area contributed by atoms with Crippen molar-refractivity contribution in [3.8, 4) is 0 Å².